The fourth-order valence-corrected chi connectivity index (χ4v) is 4.22. The second-order valence-electron chi connectivity index (χ2n) is 7.01. The Labute approximate surface area is 131 Å². The molecule has 1 aliphatic carbocycles. The highest BCUT2D eigenvalue weighted by molar-refractivity contribution is 7.92. The van der Waals surface area contributed by atoms with E-state index in [4.69, 9.17) is 5.73 Å². The highest BCUT2D eigenvalue weighted by Gasteiger charge is 2.38. The van der Waals surface area contributed by atoms with Crippen LogP contribution in [0.5, 0.6) is 0 Å². The Morgan fingerprint density at radius 2 is 1.81 bits per heavy atom. The molecular weight excluding hydrogens is 284 g/mol. The van der Waals surface area contributed by atoms with E-state index in [1.165, 1.54) is 12.8 Å². The molecule has 1 saturated carbocycles. The molecule has 0 aliphatic heterocycles. The lowest BCUT2D eigenvalue weighted by Crippen LogP contribution is -2.57. The van der Waals surface area contributed by atoms with Gasteiger partial charge in [0, 0.05) is 18.6 Å². The molecule has 0 bridgehead atoms. The molecule has 1 aliphatic rings. The predicted octanol–water partition coefficient (Wildman–Crippen LogP) is 2.43. The number of sulfone groups is 1. The van der Waals surface area contributed by atoms with Crippen LogP contribution in [0.3, 0.4) is 0 Å². The first-order chi connectivity index (χ1) is 9.77. The maximum Gasteiger partial charge on any atom is 0.153 e. The summed E-state index contributed by atoms with van der Waals surface area (Å²) in [6, 6.07) is 0. The van der Waals surface area contributed by atoms with Crippen molar-refractivity contribution >= 4 is 9.84 Å². The molecule has 0 saturated heterocycles. The van der Waals surface area contributed by atoms with Crippen LogP contribution >= 0.6 is 0 Å². The summed E-state index contributed by atoms with van der Waals surface area (Å²) < 4.78 is 24.2. The molecule has 0 aromatic rings. The third-order valence-corrected chi connectivity index (χ3v) is 7.30. The van der Waals surface area contributed by atoms with E-state index in [0.717, 1.165) is 31.7 Å². The van der Waals surface area contributed by atoms with Gasteiger partial charge in [0.15, 0.2) is 9.84 Å². The van der Waals surface area contributed by atoms with Gasteiger partial charge in [-0.05, 0) is 58.4 Å². The van der Waals surface area contributed by atoms with Gasteiger partial charge < -0.3 is 5.73 Å². The summed E-state index contributed by atoms with van der Waals surface area (Å²) in [6.07, 6.45) is 5.65. The Balaban J connectivity index is 2.79. The first-order valence-corrected chi connectivity index (χ1v) is 10.2. The smallest absolute Gasteiger partial charge is 0.153 e. The van der Waals surface area contributed by atoms with Gasteiger partial charge in [0.25, 0.3) is 0 Å². The molecule has 0 atom stereocenters. The van der Waals surface area contributed by atoms with Crippen LogP contribution in [0, 0.1) is 5.92 Å². The van der Waals surface area contributed by atoms with E-state index >= 15 is 0 Å². The minimum atomic E-state index is -2.98. The van der Waals surface area contributed by atoms with Crippen LogP contribution in [0.4, 0.5) is 0 Å². The summed E-state index contributed by atoms with van der Waals surface area (Å²) in [6.45, 7) is 10.2. The Morgan fingerprint density at radius 3 is 2.24 bits per heavy atom. The van der Waals surface area contributed by atoms with Gasteiger partial charge in [-0.2, -0.15) is 0 Å². The summed E-state index contributed by atoms with van der Waals surface area (Å²) in [5.74, 6) is 1.02. The van der Waals surface area contributed by atoms with Crippen molar-refractivity contribution in [2.75, 3.05) is 25.4 Å². The van der Waals surface area contributed by atoms with Gasteiger partial charge in [0.1, 0.15) is 0 Å². The average molecular weight is 319 g/mol. The topological polar surface area (TPSA) is 63.4 Å². The van der Waals surface area contributed by atoms with Crippen molar-refractivity contribution in [3.63, 3.8) is 0 Å². The van der Waals surface area contributed by atoms with Crippen LogP contribution in [0.1, 0.15) is 59.8 Å². The third-order valence-electron chi connectivity index (χ3n) is 5.11. The number of hydrogen-bond donors (Lipinski definition) is 1. The van der Waals surface area contributed by atoms with Gasteiger partial charge in [0.2, 0.25) is 0 Å². The highest BCUT2D eigenvalue weighted by Crippen LogP contribution is 2.36. The number of hydrogen-bond acceptors (Lipinski definition) is 4. The highest BCUT2D eigenvalue weighted by atomic mass is 32.2. The molecule has 4 nitrogen and oxygen atoms in total. The molecule has 1 rings (SSSR count). The van der Waals surface area contributed by atoms with Gasteiger partial charge in [-0.1, -0.05) is 13.8 Å². The van der Waals surface area contributed by atoms with Crippen LogP contribution in [-0.2, 0) is 9.84 Å². The maximum atomic E-state index is 12.1. The molecule has 0 heterocycles. The fraction of sp³-hybridized carbons (Fsp3) is 1.00. The molecule has 126 valence electrons. The van der Waals surface area contributed by atoms with Crippen LogP contribution in [0.25, 0.3) is 0 Å². The van der Waals surface area contributed by atoms with Crippen molar-refractivity contribution in [2.45, 2.75) is 70.6 Å². The third kappa shape index (κ3) is 4.93. The lowest BCUT2D eigenvalue weighted by molar-refractivity contribution is 0.0497. The van der Waals surface area contributed by atoms with Crippen molar-refractivity contribution in [1.82, 2.24) is 4.90 Å². The second kappa shape index (κ2) is 7.93. The molecule has 0 unspecified atom stereocenters. The number of nitrogens with two attached hydrogens (primary N) is 1. The van der Waals surface area contributed by atoms with Crippen molar-refractivity contribution < 1.29 is 8.42 Å². The largest absolute Gasteiger partial charge is 0.329 e. The average Bonchev–Trinajstić information content (AvgIpc) is 2.45. The van der Waals surface area contributed by atoms with Crippen LogP contribution < -0.4 is 5.73 Å². The molecule has 1 fully saturated rings. The normalized spacial score (nSPS) is 27.5. The molecule has 0 amide bonds. The summed E-state index contributed by atoms with van der Waals surface area (Å²) in [4.78, 5) is 2.37. The molecule has 0 aromatic carbocycles. The van der Waals surface area contributed by atoms with Crippen molar-refractivity contribution in [1.29, 1.82) is 0 Å². The van der Waals surface area contributed by atoms with E-state index in [2.05, 4.69) is 18.7 Å². The molecular formula is C16H34N2O2S. The van der Waals surface area contributed by atoms with E-state index in [1.807, 2.05) is 0 Å². The lowest BCUT2D eigenvalue weighted by atomic mass is 9.76. The van der Waals surface area contributed by atoms with E-state index < -0.39 is 9.84 Å². The van der Waals surface area contributed by atoms with E-state index in [1.54, 1.807) is 13.8 Å². The molecule has 0 radical (unpaired) electrons. The van der Waals surface area contributed by atoms with Crippen molar-refractivity contribution in [2.24, 2.45) is 11.7 Å². The second-order valence-corrected chi connectivity index (χ2v) is 9.69. The van der Waals surface area contributed by atoms with Crippen LogP contribution in [-0.4, -0.2) is 49.5 Å². The van der Waals surface area contributed by atoms with E-state index in [0.29, 0.717) is 13.1 Å². The van der Waals surface area contributed by atoms with Crippen molar-refractivity contribution in [3.8, 4) is 0 Å². The molecule has 0 aromatic heterocycles. The van der Waals surface area contributed by atoms with Gasteiger partial charge in [-0.25, -0.2) is 8.42 Å². The Morgan fingerprint density at radius 1 is 1.24 bits per heavy atom. The standard InChI is InChI=1S/C16H34N2O2S/c1-5-10-18(11-12-21(19,20)14(2)3)16(13-17)8-6-15(4)7-9-16/h14-15H,5-13,17H2,1-4H3. The monoisotopic (exact) mass is 318 g/mol. The summed E-state index contributed by atoms with van der Waals surface area (Å²) in [7, 11) is -2.98. The summed E-state index contributed by atoms with van der Waals surface area (Å²) >= 11 is 0. The number of nitrogens with zero attached hydrogens (tertiary/aromatic N) is 1. The molecule has 5 heteroatoms. The quantitative estimate of drug-likeness (QED) is 0.746. The van der Waals surface area contributed by atoms with Crippen LogP contribution in [0.15, 0.2) is 0 Å². The van der Waals surface area contributed by atoms with Gasteiger partial charge in [-0.15, -0.1) is 0 Å². The van der Waals surface area contributed by atoms with E-state index in [-0.39, 0.29) is 16.5 Å². The minimum absolute atomic E-state index is 0.0228. The Hall–Kier alpha value is -0.130. The summed E-state index contributed by atoms with van der Waals surface area (Å²) in [5.41, 5.74) is 6.15. The van der Waals surface area contributed by atoms with Gasteiger partial charge in [-0.3, -0.25) is 4.90 Å². The Bertz CT molecular complexity index is 399. The first kappa shape index (κ1) is 18.9. The lowest BCUT2D eigenvalue weighted by Gasteiger charge is -2.47. The SMILES string of the molecule is CCCN(CCS(=O)(=O)C(C)C)C1(CN)CCC(C)CC1. The fourth-order valence-electron chi connectivity index (χ4n) is 3.28. The zero-order valence-corrected chi connectivity index (χ0v) is 15.1. The number of rotatable bonds is 8. The zero-order valence-electron chi connectivity index (χ0n) is 14.3. The zero-order chi connectivity index (χ0) is 16.1. The summed E-state index contributed by atoms with van der Waals surface area (Å²) in [5, 5.41) is -0.291. The molecule has 0 spiro atoms. The first-order valence-electron chi connectivity index (χ1n) is 8.44. The molecule has 2 N–H and O–H groups in total. The van der Waals surface area contributed by atoms with E-state index in [9.17, 15) is 8.42 Å². The van der Waals surface area contributed by atoms with Crippen molar-refractivity contribution in [3.05, 3.63) is 0 Å². The van der Waals surface area contributed by atoms with Gasteiger partial charge >= 0.3 is 0 Å². The predicted molar refractivity (Wildman–Crippen MR) is 90.2 cm³/mol. The molecule has 21 heavy (non-hydrogen) atoms. The maximum absolute atomic E-state index is 12.1. The van der Waals surface area contributed by atoms with Gasteiger partial charge in [0.05, 0.1) is 11.0 Å². The van der Waals surface area contributed by atoms with Crippen LogP contribution in [0.2, 0.25) is 0 Å². The Kier molecular flexibility index (Phi) is 7.14. The minimum Gasteiger partial charge on any atom is -0.329 e.